The van der Waals surface area contributed by atoms with Crippen LogP contribution in [0, 0.1) is 0 Å². The standard InChI is InChI=1S/C20H22BCl2NO5S/c1-19(2)20(3,4)29-21(28-19)15-10-12(6-9-16(15)22)24-18(25)14-8-7-13(11-17(14)23)30(5,26)27/h6-11H,1-5H3,(H,24,25). The molecule has 160 valence electrons. The van der Waals surface area contributed by atoms with E-state index in [9.17, 15) is 13.2 Å². The Morgan fingerprint density at radius 2 is 1.57 bits per heavy atom. The van der Waals surface area contributed by atoms with Gasteiger partial charge < -0.3 is 14.6 Å². The molecule has 1 saturated heterocycles. The summed E-state index contributed by atoms with van der Waals surface area (Å²) in [6.07, 6.45) is 1.07. The highest BCUT2D eigenvalue weighted by Crippen LogP contribution is 2.37. The number of hydrogen-bond donors (Lipinski definition) is 1. The number of hydrogen-bond acceptors (Lipinski definition) is 5. The van der Waals surface area contributed by atoms with E-state index < -0.39 is 34.1 Å². The molecule has 1 aliphatic heterocycles. The van der Waals surface area contributed by atoms with Gasteiger partial charge >= 0.3 is 7.12 Å². The molecule has 30 heavy (non-hydrogen) atoms. The molecule has 0 aromatic heterocycles. The molecule has 0 unspecified atom stereocenters. The lowest BCUT2D eigenvalue weighted by atomic mass is 9.79. The van der Waals surface area contributed by atoms with Crippen LogP contribution in [0.5, 0.6) is 0 Å². The largest absolute Gasteiger partial charge is 0.496 e. The van der Waals surface area contributed by atoms with Crippen molar-refractivity contribution in [2.24, 2.45) is 0 Å². The highest BCUT2D eigenvalue weighted by Gasteiger charge is 2.52. The predicted octanol–water partition coefficient (Wildman–Crippen LogP) is 3.95. The summed E-state index contributed by atoms with van der Waals surface area (Å²) in [4.78, 5) is 12.7. The van der Waals surface area contributed by atoms with Gasteiger partial charge in [-0.1, -0.05) is 23.2 Å². The number of nitrogens with one attached hydrogen (secondary N) is 1. The summed E-state index contributed by atoms with van der Waals surface area (Å²) in [6, 6.07) is 8.94. The van der Waals surface area contributed by atoms with Gasteiger partial charge in [0.15, 0.2) is 9.84 Å². The lowest BCUT2D eigenvalue weighted by molar-refractivity contribution is 0.00578. The number of carbonyl (C=O) groups is 1. The molecule has 1 aliphatic rings. The van der Waals surface area contributed by atoms with E-state index in [-0.39, 0.29) is 15.5 Å². The third kappa shape index (κ3) is 4.53. The van der Waals surface area contributed by atoms with E-state index in [1.807, 2.05) is 27.7 Å². The van der Waals surface area contributed by atoms with Crippen molar-refractivity contribution in [1.29, 1.82) is 0 Å². The molecule has 0 saturated carbocycles. The second-order valence-corrected chi connectivity index (χ2v) is 11.0. The van der Waals surface area contributed by atoms with Crippen molar-refractivity contribution in [1.82, 2.24) is 0 Å². The number of benzene rings is 2. The molecule has 1 fully saturated rings. The fourth-order valence-electron chi connectivity index (χ4n) is 2.88. The van der Waals surface area contributed by atoms with Crippen LogP contribution in [0.1, 0.15) is 38.1 Å². The van der Waals surface area contributed by atoms with Gasteiger partial charge in [-0.3, -0.25) is 4.79 Å². The molecule has 2 aromatic rings. The van der Waals surface area contributed by atoms with Gasteiger partial charge in [0.1, 0.15) is 0 Å². The Morgan fingerprint density at radius 1 is 0.967 bits per heavy atom. The second-order valence-electron chi connectivity index (χ2n) is 8.19. The Balaban J connectivity index is 1.85. The molecule has 0 spiro atoms. The Labute approximate surface area is 186 Å². The Bertz CT molecular complexity index is 1100. The third-order valence-corrected chi connectivity index (χ3v) is 7.14. The molecule has 0 radical (unpaired) electrons. The zero-order chi connectivity index (χ0) is 22.5. The maximum Gasteiger partial charge on any atom is 0.496 e. The molecule has 6 nitrogen and oxygen atoms in total. The highest BCUT2D eigenvalue weighted by atomic mass is 35.5. The van der Waals surface area contributed by atoms with E-state index >= 15 is 0 Å². The molecule has 1 heterocycles. The minimum Gasteiger partial charge on any atom is -0.399 e. The Kier molecular flexibility index (Phi) is 6.04. The van der Waals surface area contributed by atoms with Gasteiger partial charge in [-0.05, 0) is 64.1 Å². The summed E-state index contributed by atoms with van der Waals surface area (Å²) in [7, 11) is -4.11. The molecule has 0 bridgehead atoms. The van der Waals surface area contributed by atoms with Gasteiger partial charge in [-0.2, -0.15) is 0 Å². The lowest BCUT2D eigenvalue weighted by Crippen LogP contribution is -2.41. The average Bonchev–Trinajstić information content (AvgIpc) is 2.83. The van der Waals surface area contributed by atoms with Crippen molar-refractivity contribution in [3.05, 3.63) is 52.0 Å². The zero-order valence-electron chi connectivity index (χ0n) is 17.2. The van der Waals surface area contributed by atoms with Crippen LogP contribution in [0.2, 0.25) is 10.0 Å². The summed E-state index contributed by atoms with van der Waals surface area (Å²) in [5.74, 6) is -0.484. The number of carbonyl (C=O) groups excluding carboxylic acids is 1. The van der Waals surface area contributed by atoms with E-state index in [0.717, 1.165) is 6.26 Å². The number of anilines is 1. The number of halogens is 2. The average molecular weight is 470 g/mol. The summed E-state index contributed by atoms with van der Waals surface area (Å²) in [5, 5.41) is 3.23. The van der Waals surface area contributed by atoms with Crippen LogP contribution in [0.3, 0.4) is 0 Å². The quantitative estimate of drug-likeness (QED) is 0.685. The minimum atomic E-state index is -3.42. The molecule has 0 aliphatic carbocycles. The summed E-state index contributed by atoms with van der Waals surface area (Å²) in [6.45, 7) is 7.76. The smallest absolute Gasteiger partial charge is 0.399 e. The van der Waals surface area contributed by atoms with Crippen LogP contribution < -0.4 is 10.8 Å². The summed E-state index contributed by atoms with van der Waals surface area (Å²) >= 11 is 12.5. The van der Waals surface area contributed by atoms with Crippen molar-refractivity contribution in [3.63, 3.8) is 0 Å². The first-order valence-corrected chi connectivity index (χ1v) is 11.8. The van der Waals surface area contributed by atoms with E-state index in [2.05, 4.69) is 5.32 Å². The number of rotatable bonds is 4. The third-order valence-electron chi connectivity index (χ3n) is 5.37. The fraction of sp³-hybridized carbons (Fsp3) is 0.350. The summed E-state index contributed by atoms with van der Waals surface area (Å²) < 4.78 is 35.4. The Morgan fingerprint density at radius 3 is 2.10 bits per heavy atom. The van der Waals surface area contributed by atoms with Crippen molar-refractivity contribution in [3.8, 4) is 0 Å². The molecule has 10 heteroatoms. The first kappa shape index (κ1) is 23.1. The van der Waals surface area contributed by atoms with Crippen molar-refractivity contribution in [2.45, 2.75) is 43.8 Å². The molecule has 1 amide bonds. The van der Waals surface area contributed by atoms with Gasteiger partial charge in [0.25, 0.3) is 5.91 Å². The minimum absolute atomic E-state index is 0.0376. The van der Waals surface area contributed by atoms with E-state index in [4.69, 9.17) is 32.5 Å². The van der Waals surface area contributed by atoms with E-state index in [0.29, 0.717) is 16.2 Å². The molecular weight excluding hydrogens is 448 g/mol. The maximum atomic E-state index is 12.7. The van der Waals surface area contributed by atoms with Gasteiger partial charge in [0, 0.05) is 22.4 Å². The van der Waals surface area contributed by atoms with Gasteiger partial charge in [-0.25, -0.2) is 8.42 Å². The molecule has 1 N–H and O–H groups in total. The van der Waals surface area contributed by atoms with Crippen LogP contribution in [0.25, 0.3) is 0 Å². The van der Waals surface area contributed by atoms with Crippen molar-refractivity contribution >= 4 is 57.2 Å². The fourth-order valence-corrected chi connectivity index (χ4v) is 4.07. The first-order valence-electron chi connectivity index (χ1n) is 9.17. The van der Waals surface area contributed by atoms with Gasteiger partial charge in [0.2, 0.25) is 0 Å². The molecule has 2 aromatic carbocycles. The van der Waals surface area contributed by atoms with Crippen LogP contribution in [-0.2, 0) is 19.1 Å². The first-order chi connectivity index (χ1) is 13.7. The zero-order valence-corrected chi connectivity index (χ0v) is 19.6. The number of amides is 1. The van der Waals surface area contributed by atoms with Gasteiger partial charge in [0.05, 0.1) is 26.7 Å². The van der Waals surface area contributed by atoms with Crippen LogP contribution in [0.4, 0.5) is 5.69 Å². The molecule has 3 rings (SSSR count). The van der Waals surface area contributed by atoms with Gasteiger partial charge in [-0.15, -0.1) is 0 Å². The molecule has 0 atom stereocenters. The highest BCUT2D eigenvalue weighted by molar-refractivity contribution is 7.90. The van der Waals surface area contributed by atoms with Crippen molar-refractivity contribution < 1.29 is 22.5 Å². The lowest BCUT2D eigenvalue weighted by Gasteiger charge is -2.32. The monoisotopic (exact) mass is 469 g/mol. The SMILES string of the molecule is CC1(C)OB(c2cc(NC(=O)c3ccc(S(C)(=O)=O)cc3Cl)ccc2Cl)OC1(C)C. The molecular formula is C20H22BCl2NO5S. The van der Waals surface area contributed by atoms with Crippen LogP contribution in [-0.4, -0.2) is 38.9 Å². The van der Waals surface area contributed by atoms with E-state index in [1.54, 1.807) is 18.2 Å². The summed E-state index contributed by atoms with van der Waals surface area (Å²) in [5.41, 5.74) is 0.143. The maximum absolute atomic E-state index is 12.7. The van der Waals surface area contributed by atoms with Crippen LogP contribution in [0.15, 0.2) is 41.3 Å². The second kappa shape index (κ2) is 7.84. The Hall–Kier alpha value is -1.58. The van der Waals surface area contributed by atoms with Crippen LogP contribution >= 0.6 is 23.2 Å². The number of sulfone groups is 1. The normalized spacial score (nSPS) is 17.8. The van der Waals surface area contributed by atoms with Crippen molar-refractivity contribution in [2.75, 3.05) is 11.6 Å². The van der Waals surface area contributed by atoms with E-state index in [1.165, 1.54) is 18.2 Å². The predicted molar refractivity (Wildman–Crippen MR) is 120 cm³/mol. The topological polar surface area (TPSA) is 81.7 Å².